The van der Waals surface area contributed by atoms with Crippen molar-refractivity contribution in [2.45, 2.75) is 37.5 Å². The van der Waals surface area contributed by atoms with Crippen molar-refractivity contribution in [2.24, 2.45) is 0 Å². The number of piperidine rings is 1. The Morgan fingerprint density at radius 1 is 1.31 bits per heavy atom. The molecule has 1 atom stereocenters. The molecule has 6 nitrogen and oxygen atoms in total. The van der Waals surface area contributed by atoms with Gasteiger partial charge in [-0.3, -0.25) is 0 Å². The summed E-state index contributed by atoms with van der Waals surface area (Å²) in [5, 5.41) is 5.52. The molecule has 1 aromatic carbocycles. The van der Waals surface area contributed by atoms with Crippen LogP contribution in [0.1, 0.15) is 35.9 Å². The third-order valence-electron chi connectivity index (χ3n) is 4.99. The molecule has 1 aliphatic heterocycles. The molecule has 2 aromatic heterocycles. The molecule has 3 aromatic rings. The molecule has 3 heterocycles. The van der Waals surface area contributed by atoms with Crippen LogP contribution in [-0.2, 0) is 10.0 Å². The Bertz CT molecular complexity index is 1050. The molecule has 0 radical (unpaired) electrons. The maximum absolute atomic E-state index is 13.1. The van der Waals surface area contributed by atoms with Crippen molar-refractivity contribution in [3.05, 3.63) is 46.4 Å². The third kappa shape index (κ3) is 2.94. The summed E-state index contributed by atoms with van der Waals surface area (Å²) in [6.07, 6.45) is 1.75. The molecule has 0 bridgehead atoms. The Labute approximate surface area is 157 Å². The van der Waals surface area contributed by atoms with Crippen LogP contribution < -0.4 is 0 Å². The van der Waals surface area contributed by atoms with Crippen LogP contribution in [0, 0.1) is 13.8 Å². The molecule has 0 spiro atoms. The van der Waals surface area contributed by atoms with Gasteiger partial charge in [-0.25, -0.2) is 8.42 Å². The van der Waals surface area contributed by atoms with E-state index in [9.17, 15) is 8.42 Å². The number of aryl methyl sites for hydroxylation is 2. The fraction of sp³-hybridized carbons (Fsp3) is 0.389. The van der Waals surface area contributed by atoms with Crippen molar-refractivity contribution in [2.75, 3.05) is 13.1 Å². The van der Waals surface area contributed by atoms with Gasteiger partial charge in [-0.2, -0.15) is 4.31 Å². The lowest BCUT2D eigenvalue weighted by atomic mass is 9.96. The molecule has 0 aliphatic carbocycles. The number of H-pyrrole nitrogens is 1. The third-order valence-corrected chi connectivity index (χ3v) is 7.34. The predicted octanol–water partition coefficient (Wildman–Crippen LogP) is 3.99. The predicted molar refractivity (Wildman–Crippen MR) is 100 cm³/mol. The standard InChI is InChI=1S/C18H20ClN3O3S/c1-11-18(12(2)25-21-11)26(23,24)22-7-3-4-13(10-22)17-9-14-8-15(19)5-6-16(14)20-17/h5-6,8-9,13,20H,3-4,7,10H2,1-2H3. The van der Waals surface area contributed by atoms with Crippen LogP contribution in [0.25, 0.3) is 10.9 Å². The van der Waals surface area contributed by atoms with Gasteiger partial charge in [-0.15, -0.1) is 0 Å². The van der Waals surface area contributed by atoms with E-state index in [1.165, 1.54) is 0 Å². The Balaban J connectivity index is 1.64. The van der Waals surface area contributed by atoms with Crippen molar-refractivity contribution in [1.29, 1.82) is 0 Å². The van der Waals surface area contributed by atoms with E-state index in [1.807, 2.05) is 18.2 Å². The number of aromatic amines is 1. The molecule has 138 valence electrons. The molecule has 1 unspecified atom stereocenters. The number of hydrogen-bond acceptors (Lipinski definition) is 4. The highest BCUT2D eigenvalue weighted by atomic mass is 35.5. The number of rotatable bonds is 3. The van der Waals surface area contributed by atoms with E-state index in [1.54, 1.807) is 18.2 Å². The van der Waals surface area contributed by atoms with Crippen LogP contribution >= 0.6 is 11.6 Å². The summed E-state index contributed by atoms with van der Waals surface area (Å²) in [6.45, 7) is 4.24. The molecular formula is C18H20ClN3O3S. The van der Waals surface area contributed by atoms with Crippen molar-refractivity contribution in [3.63, 3.8) is 0 Å². The molecule has 1 fully saturated rings. The second kappa shape index (κ2) is 6.40. The number of aromatic nitrogens is 2. The average molecular weight is 394 g/mol. The number of halogens is 1. The zero-order valence-corrected chi connectivity index (χ0v) is 16.2. The second-order valence-electron chi connectivity index (χ2n) is 6.81. The Kier molecular flexibility index (Phi) is 4.33. The van der Waals surface area contributed by atoms with Gasteiger partial charge < -0.3 is 9.51 Å². The fourth-order valence-electron chi connectivity index (χ4n) is 3.73. The minimum absolute atomic E-state index is 0.116. The van der Waals surface area contributed by atoms with Crippen molar-refractivity contribution in [1.82, 2.24) is 14.4 Å². The molecular weight excluding hydrogens is 374 g/mol. The molecule has 4 rings (SSSR count). The van der Waals surface area contributed by atoms with Gasteiger partial charge in [-0.05, 0) is 51.0 Å². The van der Waals surface area contributed by atoms with Gasteiger partial charge in [0.2, 0.25) is 10.0 Å². The van der Waals surface area contributed by atoms with Gasteiger partial charge in [0, 0.05) is 40.6 Å². The zero-order valence-electron chi connectivity index (χ0n) is 14.6. The van der Waals surface area contributed by atoms with E-state index < -0.39 is 10.0 Å². The lowest BCUT2D eigenvalue weighted by Crippen LogP contribution is -2.39. The minimum Gasteiger partial charge on any atom is -0.360 e. The summed E-state index contributed by atoms with van der Waals surface area (Å²) in [4.78, 5) is 3.61. The van der Waals surface area contributed by atoms with Gasteiger partial charge in [0.05, 0.1) is 0 Å². The summed E-state index contributed by atoms with van der Waals surface area (Å²) in [6, 6.07) is 7.78. The van der Waals surface area contributed by atoms with Crippen molar-refractivity contribution >= 4 is 32.5 Å². The van der Waals surface area contributed by atoms with Crippen LogP contribution in [0.5, 0.6) is 0 Å². The van der Waals surface area contributed by atoms with Gasteiger partial charge >= 0.3 is 0 Å². The van der Waals surface area contributed by atoms with Gasteiger partial charge in [0.25, 0.3) is 0 Å². The maximum Gasteiger partial charge on any atom is 0.248 e. The lowest BCUT2D eigenvalue weighted by molar-refractivity contribution is 0.312. The first-order chi connectivity index (χ1) is 12.4. The monoisotopic (exact) mass is 393 g/mol. The zero-order chi connectivity index (χ0) is 18.5. The SMILES string of the molecule is Cc1noc(C)c1S(=O)(=O)N1CCCC(c2cc3cc(Cl)ccc3[nH]2)C1. The molecule has 1 aliphatic rings. The van der Waals surface area contributed by atoms with Crippen LogP contribution in [-0.4, -0.2) is 36.0 Å². The number of sulfonamides is 1. The first-order valence-corrected chi connectivity index (χ1v) is 10.4. The van der Waals surface area contributed by atoms with Crippen molar-refractivity contribution in [3.8, 4) is 0 Å². The molecule has 8 heteroatoms. The maximum atomic E-state index is 13.1. The first-order valence-electron chi connectivity index (χ1n) is 8.57. The Morgan fingerprint density at radius 3 is 2.85 bits per heavy atom. The Morgan fingerprint density at radius 2 is 2.12 bits per heavy atom. The largest absolute Gasteiger partial charge is 0.360 e. The number of nitrogens with one attached hydrogen (secondary N) is 1. The number of hydrogen-bond donors (Lipinski definition) is 1. The molecule has 1 saturated heterocycles. The highest BCUT2D eigenvalue weighted by Gasteiger charge is 2.35. The summed E-state index contributed by atoms with van der Waals surface area (Å²) >= 11 is 6.07. The smallest absolute Gasteiger partial charge is 0.248 e. The van der Waals surface area contributed by atoms with E-state index in [-0.39, 0.29) is 10.8 Å². The molecule has 0 saturated carbocycles. The van der Waals surface area contributed by atoms with Crippen LogP contribution in [0.4, 0.5) is 0 Å². The van der Waals surface area contributed by atoms with Gasteiger partial charge in [0.15, 0.2) is 5.76 Å². The summed E-state index contributed by atoms with van der Waals surface area (Å²) in [5.41, 5.74) is 2.46. The summed E-state index contributed by atoms with van der Waals surface area (Å²) in [7, 11) is -3.62. The van der Waals surface area contributed by atoms with Gasteiger partial charge in [-0.1, -0.05) is 16.8 Å². The second-order valence-corrected chi connectivity index (χ2v) is 9.12. The lowest BCUT2D eigenvalue weighted by Gasteiger charge is -2.31. The van der Waals surface area contributed by atoms with E-state index in [0.717, 1.165) is 29.4 Å². The normalized spacial score (nSPS) is 19.3. The number of fused-ring (bicyclic) bond motifs is 1. The summed E-state index contributed by atoms with van der Waals surface area (Å²) in [5.74, 6) is 0.454. The quantitative estimate of drug-likeness (QED) is 0.729. The van der Waals surface area contributed by atoms with E-state index in [0.29, 0.717) is 29.6 Å². The number of benzene rings is 1. The van der Waals surface area contributed by atoms with Crippen molar-refractivity contribution < 1.29 is 12.9 Å². The number of nitrogens with zero attached hydrogens (tertiary/aromatic N) is 2. The highest BCUT2D eigenvalue weighted by Crippen LogP contribution is 2.33. The topological polar surface area (TPSA) is 79.2 Å². The molecule has 1 N–H and O–H groups in total. The van der Waals surface area contributed by atoms with Crippen LogP contribution in [0.2, 0.25) is 5.02 Å². The fourth-order valence-corrected chi connectivity index (χ4v) is 5.73. The first kappa shape index (κ1) is 17.6. The van der Waals surface area contributed by atoms with E-state index in [4.69, 9.17) is 16.1 Å². The highest BCUT2D eigenvalue weighted by molar-refractivity contribution is 7.89. The van der Waals surface area contributed by atoms with Crippen LogP contribution in [0.15, 0.2) is 33.7 Å². The van der Waals surface area contributed by atoms with Crippen LogP contribution in [0.3, 0.4) is 0 Å². The molecule has 0 amide bonds. The summed E-state index contributed by atoms with van der Waals surface area (Å²) < 4.78 is 32.8. The molecule has 26 heavy (non-hydrogen) atoms. The Hall–Kier alpha value is -1.83. The average Bonchev–Trinajstić information content (AvgIpc) is 3.18. The minimum atomic E-state index is -3.62. The van der Waals surface area contributed by atoms with E-state index >= 15 is 0 Å². The van der Waals surface area contributed by atoms with Gasteiger partial charge in [0.1, 0.15) is 10.6 Å². The van der Waals surface area contributed by atoms with E-state index in [2.05, 4.69) is 16.2 Å².